The molecule has 4 heteroatoms. The molecule has 3 rings (SSSR count). The number of benzene rings is 2. The fourth-order valence-corrected chi connectivity index (χ4v) is 4.72. The zero-order chi connectivity index (χ0) is 26.8. The van der Waals surface area contributed by atoms with Gasteiger partial charge in [-0.25, -0.2) is 14.4 Å². The number of nitrogens with zero attached hydrogens (tertiary/aromatic N) is 2. The van der Waals surface area contributed by atoms with Crippen LogP contribution in [0.25, 0.3) is 22.5 Å². The molecular weight excluding hydrogens is 471 g/mol. The first kappa shape index (κ1) is 29.8. The Morgan fingerprint density at radius 1 is 0.632 bits per heavy atom. The summed E-state index contributed by atoms with van der Waals surface area (Å²) >= 11 is 0. The van der Waals surface area contributed by atoms with Gasteiger partial charge in [-0.3, -0.25) is 0 Å². The van der Waals surface area contributed by atoms with Crippen molar-refractivity contribution >= 4 is 0 Å². The van der Waals surface area contributed by atoms with E-state index in [0.717, 1.165) is 41.8 Å². The molecule has 1 unspecified atom stereocenters. The van der Waals surface area contributed by atoms with Crippen LogP contribution in [0.2, 0.25) is 0 Å². The van der Waals surface area contributed by atoms with Gasteiger partial charge in [0.05, 0.1) is 0 Å². The van der Waals surface area contributed by atoms with Crippen LogP contribution >= 0.6 is 0 Å². The normalized spacial score (nSPS) is 12.0. The molecule has 2 aromatic carbocycles. The zero-order valence-electron chi connectivity index (χ0n) is 23.6. The van der Waals surface area contributed by atoms with Crippen LogP contribution in [0.3, 0.4) is 0 Å². The maximum absolute atomic E-state index is 14.1. The summed E-state index contributed by atoms with van der Waals surface area (Å²) in [5.41, 5.74) is 4.38. The van der Waals surface area contributed by atoms with Gasteiger partial charge in [-0.15, -0.1) is 0 Å². The summed E-state index contributed by atoms with van der Waals surface area (Å²) in [5, 5.41) is 0. The number of hydrogen-bond donors (Lipinski definition) is 0. The van der Waals surface area contributed by atoms with Crippen LogP contribution < -0.4 is 4.74 Å². The van der Waals surface area contributed by atoms with Gasteiger partial charge in [-0.05, 0) is 42.5 Å². The van der Waals surface area contributed by atoms with Gasteiger partial charge in [0.2, 0.25) is 0 Å². The van der Waals surface area contributed by atoms with Crippen LogP contribution in [0.4, 0.5) is 4.39 Å². The molecule has 0 saturated heterocycles. The van der Waals surface area contributed by atoms with Crippen LogP contribution in [0.15, 0.2) is 60.9 Å². The van der Waals surface area contributed by atoms with E-state index in [2.05, 4.69) is 48.1 Å². The minimum absolute atomic E-state index is 0.114. The monoisotopic (exact) mass is 518 g/mol. The standard InChI is InChI=1S/C34H47FN2O/c1-3-5-7-9-10-12-13-15-28-17-19-30(20-18-28)34-36-25-31(26-37-34)29-21-23-33(24-22-29)38-27-32(35)16-14-11-8-6-4-2/h17-26,32H,3-16,27H2,1-2H3. The number of hydrogen-bond acceptors (Lipinski definition) is 3. The summed E-state index contributed by atoms with van der Waals surface area (Å²) in [6.07, 6.45) is 19.6. The quantitative estimate of drug-likeness (QED) is 0.148. The molecule has 0 N–H and O–H groups in total. The molecule has 206 valence electrons. The summed E-state index contributed by atoms with van der Waals surface area (Å²) in [4.78, 5) is 9.21. The van der Waals surface area contributed by atoms with Gasteiger partial charge in [0, 0.05) is 23.5 Å². The molecule has 0 bridgehead atoms. The molecule has 1 heterocycles. The number of ether oxygens (including phenoxy) is 1. The summed E-state index contributed by atoms with van der Waals surface area (Å²) in [7, 11) is 0. The van der Waals surface area contributed by atoms with Crippen molar-refractivity contribution in [2.24, 2.45) is 0 Å². The lowest BCUT2D eigenvalue weighted by Gasteiger charge is -2.11. The molecule has 3 nitrogen and oxygen atoms in total. The maximum atomic E-state index is 14.1. The largest absolute Gasteiger partial charge is 0.491 e. The van der Waals surface area contributed by atoms with Crippen LogP contribution in [-0.4, -0.2) is 22.7 Å². The van der Waals surface area contributed by atoms with E-state index >= 15 is 0 Å². The van der Waals surface area contributed by atoms with Gasteiger partial charge in [0.25, 0.3) is 0 Å². The van der Waals surface area contributed by atoms with Gasteiger partial charge in [0.15, 0.2) is 5.82 Å². The minimum atomic E-state index is -0.911. The van der Waals surface area contributed by atoms with Crippen molar-refractivity contribution in [2.45, 2.75) is 110 Å². The Bertz CT molecular complexity index is 1000. The number of aryl methyl sites for hydroxylation is 1. The average molecular weight is 519 g/mol. The predicted octanol–water partition coefficient (Wildman–Crippen LogP) is 10.2. The van der Waals surface area contributed by atoms with Gasteiger partial charge in [-0.2, -0.15) is 0 Å². The Balaban J connectivity index is 1.41. The van der Waals surface area contributed by atoms with Crippen molar-refractivity contribution in [3.8, 4) is 28.3 Å². The van der Waals surface area contributed by atoms with Crippen molar-refractivity contribution in [2.75, 3.05) is 6.61 Å². The fraction of sp³-hybridized carbons (Fsp3) is 0.529. The molecule has 0 radical (unpaired) electrons. The van der Waals surface area contributed by atoms with Gasteiger partial charge in [-0.1, -0.05) is 121 Å². The van der Waals surface area contributed by atoms with Gasteiger partial charge >= 0.3 is 0 Å². The second-order valence-electron chi connectivity index (χ2n) is 10.5. The van der Waals surface area contributed by atoms with Crippen molar-refractivity contribution in [1.29, 1.82) is 0 Å². The highest BCUT2D eigenvalue weighted by molar-refractivity contribution is 5.64. The van der Waals surface area contributed by atoms with Crippen molar-refractivity contribution in [3.05, 3.63) is 66.5 Å². The van der Waals surface area contributed by atoms with E-state index in [9.17, 15) is 4.39 Å². The number of alkyl halides is 1. The van der Waals surface area contributed by atoms with Crippen LogP contribution in [0.1, 0.15) is 103 Å². The lowest BCUT2D eigenvalue weighted by molar-refractivity contribution is 0.184. The second-order valence-corrected chi connectivity index (χ2v) is 10.5. The minimum Gasteiger partial charge on any atom is -0.491 e. The highest BCUT2D eigenvalue weighted by Crippen LogP contribution is 2.24. The number of halogens is 1. The molecule has 0 spiro atoms. The summed E-state index contributed by atoms with van der Waals surface area (Å²) in [5.74, 6) is 1.43. The Morgan fingerprint density at radius 2 is 1.18 bits per heavy atom. The molecule has 0 saturated carbocycles. The van der Waals surface area contributed by atoms with E-state index in [0.29, 0.717) is 12.2 Å². The highest BCUT2D eigenvalue weighted by atomic mass is 19.1. The Morgan fingerprint density at radius 3 is 1.82 bits per heavy atom. The number of rotatable bonds is 19. The zero-order valence-corrected chi connectivity index (χ0v) is 23.6. The molecule has 0 aliphatic heterocycles. The molecule has 1 atom stereocenters. The van der Waals surface area contributed by atoms with E-state index in [4.69, 9.17) is 4.74 Å². The van der Waals surface area contributed by atoms with Crippen LogP contribution in [0, 0.1) is 0 Å². The van der Waals surface area contributed by atoms with E-state index < -0.39 is 6.17 Å². The smallest absolute Gasteiger partial charge is 0.159 e. The van der Waals surface area contributed by atoms with Crippen molar-refractivity contribution < 1.29 is 9.13 Å². The Labute approximate surface area is 230 Å². The molecule has 1 aromatic heterocycles. The third kappa shape index (κ3) is 10.9. The lowest BCUT2D eigenvalue weighted by Crippen LogP contribution is -2.12. The van der Waals surface area contributed by atoms with E-state index in [1.54, 1.807) is 0 Å². The summed E-state index contributed by atoms with van der Waals surface area (Å²) in [6.45, 7) is 4.57. The van der Waals surface area contributed by atoms with E-state index in [1.807, 2.05) is 36.7 Å². The van der Waals surface area contributed by atoms with Crippen molar-refractivity contribution in [1.82, 2.24) is 9.97 Å². The van der Waals surface area contributed by atoms with Gasteiger partial charge < -0.3 is 4.74 Å². The third-order valence-corrected chi connectivity index (χ3v) is 7.17. The number of aromatic nitrogens is 2. The first-order valence-electron chi connectivity index (χ1n) is 15.0. The predicted molar refractivity (Wildman–Crippen MR) is 158 cm³/mol. The fourth-order valence-electron chi connectivity index (χ4n) is 4.72. The second kappa shape index (κ2) is 17.7. The molecule has 0 aliphatic rings. The maximum Gasteiger partial charge on any atom is 0.159 e. The molecule has 0 amide bonds. The molecule has 0 fully saturated rings. The van der Waals surface area contributed by atoms with E-state index in [1.165, 1.54) is 69.8 Å². The van der Waals surface area contributed by atoms with Crippen LogP contribution in [-0.2, 0) is 6.42 Å². The SMILES string of the molecule is CCCCCCCCCc1ccc(-c2ncc(-c3ccc(OCC(F)CCCCCCC)cc3)cn2)cc1. The molecule has 0 aliphatic carbocycles. The highest BCUT2D eigenvalue weighted by Gasteiger charge is 2.08. The Kier molecular flexibility index (Phi) is 13.9. The first-order valence-corrected chi connectivity index (χ1v) is 15.0. The molecule has 3 aromatic rings. The van der Waals surface area contributed by atoms with E-state index in [-0.39, 0.29) is 6.61 Å². The third-order valence-electron chi connectivity index (χ3n) is 7.17. The van der Waals surface area contributed by atoms with Gasteiger partial charge in [0.1, 0.15) is 18.5 Å². The molecular formula is C34H47FN2O. The average Bonchev–Trinajstić information content (AvgIpc) is 2.96. The lowest BCUT2D eigenvalue weighted by atomic mass is 10.0. The Hall–Kier alpha value is -2.75. The molecule has 38 heavy (non-hydrogen) atoms. The van der Waals surface area contributed by atoms with Crippen LogP contribution in [0.5, 0.6) is 5.75 Å². The topological polar surface area (TPSA) is 35.0 Å². The number of unbranched alkanes of at least 4 members (excludes halogenated alkanes) is 10. The first-order chi connectivity index (χ1) is 18.7. The van der Waals surface area contributed by atoms with Crippen molar-refractivity contribution in [3.63, 3.8) is 0 Å². The summed E-state index contributed by atoms with van der Waals surface area (Å²) in [6, 6.07) is 16.4. The summed E-state index contributed by atoms with van der Waals surface area (Å²) < 4.78 is 19.8.